The largest absolute Gasteiger partial charge is 0.376 e. The molecule has 2 atom stereocenters. The Morgan fingerprint density at radius 1 is 1.68 bits per heavy atom. The summed E-state index contributed by atoms with van der Waals surface area (Å²) in [4.78, 5) is 16.2. The van der Waals surface area contributed by atoms with Gasteiger partial charge in [0.15, 0.2) is 0 Å². The molecule has 100 valence electrons. The van der Waals surface area contributed by atoms with Gasteiger partial charge < -0.3 is 15.8 Å². The maximum absolute atomic E-state index is 12.2. The molecule has 5 nitrogen and oxygen atoms in total. The van der Waals surface area contributed by atoms with E-state index in [4.69, 9.17) is 10.5 Å². The zero-order valence-corrected chi connectivity index (χ0v) is 10.8. The molecule has 0 spiro atoms. The van der Waals surface area contributed by atoms with Crippen LogP contribution in [0.2, 0.25) is 0 Å². The van der Waals surface area contributed by atoms with Crippen LogP contribution in [0.25, 0.3) is 0 Å². The Labute approximate surface area is 112 Å². The number of ether oxygens (including phenoxy) is 1. The van der Waals surface area contributed by atoms with E-state index in [1.165, 1.54) is 0 Å². The monoisotopic (exact) mass is 259 g/mol. The number of rotatable bonds is 2. The number of hydrogen-bond donors (Lipinski definition) is 2. The fraction of sp³-hybridized carbons (Fsp3) is 0.429. The molecule has 2 rings (SSSR count). The highest BCUT2D eigenvalue weighted by molar-refractivity contribution is 5.96. The number of nitrogens with zero attached hydrogens (tertiary/aromatic N) is 1. The Bertz CT molecular complexity index is 519. The first-order chi connectivity index (χ1) is 9.22. The Morgan fingerprint density at radius 3 is 3.21 bits per heavy atom. The molecule has 0 radical (unpaired) electrons. The molecular weight excluding hydrogens is 242 g/mol. The molecular formula is C14H17N3O2. The maximum Gasteiger partial charge on any atom is 0.252 e. The summed E-state index contributed by atoms with van der Waals surface area (Å²) >= 11 is 0. The number of nitrogens with one attached hydrogen (secondary N) is 1. The van der Waals surface area contributed by atoms with Crippen LogP contribution in [-0.2, 0) is 4.74 Å². The number of amides is 1. The molecule has 1 aliphatic heterocycles. The van der Waals surface area contributed by atoms with Crippen LogP contribution in [-0.4, -0.2) is 36.2 Å². The van der Waals surface area contributed by atoms with Crippen molar-refractivity contribution in [2.75, 3.05) is 13.2 Å². The minimum absolute atomic E-state index is 0.0457. The normalized spacial score (nSPS) is 21.6. The quantitative estimate of drug-likeness (QED) is 0.749. The first kappa shape index (κ1) is 13.5. The van der Waals surface area contributed by atoms with Crippen LogP contribution in [0.15, 0.2) is 18.5 Å². The Morgan fingerprint density at radius 2 is 2.53 bits per heavy atom. The molecule has 2 unspecified atom stereocenters. The predicted molar refractivity (Wildman–Crippen MR) is 71.5 cm³/mol. The van der Waals surface area contributed by atoms with E-state index < -0.39 is 0 Å². The SMILES string of the molecule is CC1OCCC1NC(=O)c1ccncc1C#CCN. The van der Waals surface area contributed by atoms with Gasteiger partial charge in [0, 0.05) is 19.0 Å². The maximum atomic E-state index is 12.2. The number of carbonyl (C=O) groups is 1. The lowest BCUT2D eigenvalue weighted by Gasteiger charge is -2.16. The molecule has 0 aliphatic carbocycles. The second kappa shape index (κ2) is 6.32. The highest BCUT2D eigenvalue weighted by Crippen LogP contribution is 2.14. The van der Waals surface area contributed by atoms with E-state index in [1.807, 2.05) is 6.92 Å². The molecule has 5 heteroatoms. The smallest absolute Gasteiger partial charge is 0.252 e. The summed E-state index contributed by atoms with van der Waals surface area (Å²) in [7, 11) is 0. The highest BCUT2D eigenvalue weighted by Gasteiger charge is 2.26. The minimum Gasteiger partial charge on any atom is -0.376 e. The van der Waals surface area contributed by atoms with Gasteiger partial charge in [0.2, 0.25) is 0 Å². The third-order valence-corrected chi connectivity index (χ3v) is 3.08. The topological polar surface area (TPSA) is 77.2 Å². The second-order valence-electron chi connectivity index (χ2n) is 4.37. The van der Waals surface area contributed by atoms with E-state index in [2.05, 4.69) is 22.1 Å². The van der Waals surface area contributed by atoms with Crippen LogP contribution in [0.5, 0.6) is 0 Å². The number of hydrogen-bond acceptors (Lipinski definition) is 4. The average molecular weight is 259 g/mol. The van der Waals surface area contributed by atoms with Crippen molar-refractivity contribution in [3.8, 4) is 11.8 Å². The van der Waals surface area contributed by atoms with Crippen LogP contribution < -0.4 is 11.1 Å². The van der Waals surface area contributed by atoms with E-state index in [-0.39, 0.29) is 24.6 Å². The van der Waals surface area contributed by atoms with Gasteiger partial charge in [-0.05, 0) is 19.4 Å². The van der Waals surface area contributed by atoms with Crippen molar-refractivity contribution in [2.45, 2.75) is 25.5 Å². The molecule has 0 saturated carbocycles. The zero-order valence-electron chi connectivity index (χ0n) is 10.8. The van der Waals surface area contributed by atoms with Crippen LogP contribution in [0, 0.1) is 11.8 Å². The summed E-state index contributed by atoms with van der Waals surface area (Å²) in [5.74, 6) is 5.45. The molecule has 0 bridgehead atoms. The van der Waals surface area contributed by atoms with E-state index in [9.17, 15) is 4.79 Å². The van der Waals surface area contributed by atoms with Crippen molar-refractivity contribution in [1.29, 1.82) is 0 Å². The third kappa shape index (κ3) is 3.31. The molecule has 2 heterocycles. The van der Waals surface area contributed by atoms with Crippen molar-refractivity contribution >= 4 is 5.91 Å². The Kier molecular flexibility index (Phi) is 4.50. The summed E-state index contributed by atoms with van der Waals surface area (Å²) in [6.07, 6.45) is 4.04. The van der Waals surface area contributed by atoms with Gasteiger partial charge in [-0.25, -0.2) is 0 Å². The average Bonchev–Trinajstić information content (AvgIpc) is 2.82. The fourth-order valence-electron chi connectivity index (χ4n) is 2.01. The summed E-state index contributed by atoms with van der Waals surface area (Å²) in [5.41, 5.74) is 6.46. The van der Waals surface area contributed by atoms with Gasteiger partial charge >= 0.3 is 0 Å². The first-order valence-electron chi connectivity index (χ1n) is 6.27. The van der Waals surface area contributed by atoms with Crippen LogP contribution in [0.3, 0.4) is 0 Å². The summed E-state index contributed by atoms with van der Waals surface area (Å²) < 4.78 is 5.43. The van der Waals surface area contributed by atoms with Gasteiger partial charge in [0.25, 0.3) is 5.91 Å². The van der Waals surface area contributed by atoms with Gasteiger partial charge in [-0.15, -0.1) is 0 Å². The number of pyridine rings is 1. The van der Waals surface area contributed by atoms with Gasteiger partial charge in [-0.2, -0.15) is 0 Å². The van der Waals surface area contributed by atoms with Crippen LogP contribution in [0.1, 0.15) is 29.3 Å². The van der Waals surface area contributed by atoms with E-state index >= 15 is 0 Å². The molecule has 3 N–H and O–H groups in total. The lowest BCUT2D eigenvalue weighted by molar-refractivity contribution is 0.0866. The number of carbonyl (C=O) groups excluding carboxylic acids is 1. The summed E-state index contributed by atoms with van der Waals surface area (Å²) in [5, 5.41) is 2.97. The molecule has 1 fully saturated rings. The van der Waals surface area contributed by atoms with Gasteiger partial charge in [0.1, 0.15) is 0 Å². The number of aromatic nitrogens is 1. The van der Waals surface area contributed by atoms with E-state index in [0.29, 0.717) is 17.7 Å². The van der Waals surface area contributed by atoms with Gasteiger partial charge in [-0.1, -0.05) is 11.8 Å². The fourth-order valence-corrected chi connectivity index (χ4v) is 2.01. The van der Waals surface area contributed by atoms with Crippen molar-refractivity contribution in [2.24, 2.45) is 5.73 Å². The van der Waals surface area contributed by atoms with Crippen LogP contribution in [0.4, 0.5) is 0 Å². The first-order valence-corrected chi connectivity index (χ1v) is 6.27. The molecule has 19 heavy (non-hydrogen) atoms. The lowest BCUT2D eigenvalue weighted by Crippen LogP contribution is -2.39. The summed E-state index contributed by atoms with van der Waals surface area (Å²) in [6.45, 7) is 2.89. The van der Waals surface area contributed by atoms with Crippen molar-refractivity contribution in [3.63, 3.8) is 0 Å². The van der Waals surface area contributed by atoms with Gasteiger partial charge in [-0.3, -0.25) is 9.78 Å². The molecule has 0 aromatic carbocycles. The minimum atomic E-state index is -0.147. The molecule has 1 aromatic rings. The van der Waals surface area contributed by atoms with Crippen LogP contribution >= 0.6 is 0 Å². The second-order valence-corrected chi connectivity index (χ2v) is 4.37. The van der Waals surface area contributed by atoms with Crippen molar-refractivity contribution in [3.05, 3.63) is 29.6 Å². The predicted octanol–water partition coefficient (Wildman–Crippen LogP) is 0.299. The summed E-state index contributed by atoms with van der Waals surface area (Å²) in [6, 6.07) is 1.71. The lowest BCUT2D eigenvalue weighted by atomic mass is 10.1. The third-order valence-electron chi connectivity index (χ3n) is 3.08. The Balaban J connectivity index is 2.14. The zero-order chi connectivity index (χ0) is 13.7. The Hall–Kier alpha value is -1.90. The highest BCUT2D eigenvalue weighted by atomic mass is 16.5. The molecule has 1 saturated heterocycles. The standard InChI is InChI=1S/C14H17N3O2/c1-10-13(5-8-19-10)17-14(18)12-4-7-16-9-11(12)3-2-6-15/h4,7,9-10,13H,5-6,8,15H2,1H3,(H,17,18). The van der Waals surface area contributed by atoms with E-state index in [1.54, 1.807) is 18.5 Å². The molecule has 1 amide bonds. The van der Waals surface area contributed by atoms with Crippen molar-refractivity contribution < 1.29 is 9.53 Å². The van der Waals surface area contributed by atoms with Crippen molar-refractivity contribution in [1.82, 2.24) is 10.3 Å². The molecule has 1 aliphatic rings. The van der Waals surface area contributed by atoms with E-state index in [0.717, 1.165) is 6.42 Å². The van der Waals surface area contributed by atoms with Gasteiger partial charge in [0.05, 0.1) is 29.8 Å². The molecule has 1 aromatic heterocycles. The number of nitrogens with two attached hydrogens (primary N) is 1.